The molecule has 2 aromatic rings. The first kappa shape index (κ1) is 13.7. The zero-order valence-electron chi connectivity index (χ0n) is 11.6. The maximum absolute atomic E-state index is 6.16. The minimum Gasteiger partial charge on any atom is -0.376 e. The molecule has 0 saturated heterocycles. The molecule has 19 heavy (non-hydrogen) atoms. The molecule has 0 aliphatic heterocycles. The third-order valence-electron chi connectivity index (χ3n) is 2.71. The molecule has 0 aliphatic rings. The molecule has 2 heterocycles. The van der Waals surface area contributed by atoms with Gasteiger partial charge in [0.25, 0.3) is 5.89 Å². The van der Waals surface area contributed by atoms with Gasteiger partial charge in [-0.1, -0.05) is 5.16 Å². The number of aromatic nitrogens is 4. The molecule has 3 N–H and O–H groups in total. The molecule has 0 amide bonds. The Bertz CT molecular complexity index is 544. The molecule has 0 aliphatic carbocycles. The second kappa shape index (κ2) is 5.10. The Morgan fingerprint density at radius 2 is 2.26 bits per heavy atom. The van der Waals surface area contributed by atoms with E-state index in [4.69, 9.17) is 15.0 Å². The summed E-state index contributed by atoms with van der Waals surface area (Å²) in [6, 6.07) is 0. The molecule has 1 unspecified atom stereocenters. The van der Waals surface area contributed by atoms with Crippen molar-refractivity contribution < 1.29 is 9.26 Å². The highest BCUT2D eigenvalue weighted by Gasteiger charge is 2.29. The van der Waals surface area contributed by atoms with Crippen molar-refractivity contribution >= 4 is 0 Å². The van der Waals surface area contributed by atoms with Gasteiger partial charge >= 0.3 is 0 Å². The molecule has 2 aromatic heterocycles. The number of rotatable bonds is 5. The SMILES string of the molecule is Cc1[nH]ncc1-c1nc(C(C)(N)COC(C)C)no1. The number of nitrogens with zero attached hydrogens (tertiary/aromatic N) is 3. The standard InChI is InChI=1S/C12H19N5O2/c1-7(2)18-6-12(4,13)11-15-10(19-17-11)9-5-14-16-8(9)3/h5,7H,6,13H2,1-4H3,(H,14,16). The lowest BCUT2D eigenvalue weighted by molar-refractivity contribution is 0.0410. The molecule has 0 saturated carbocycles. The van der Waals surface area contributed by atoms with E-state index in [0.29, 0.717) is 18.3 Å². The topological polar surface area (TPSA) is 103 Å². The number of hydrogen-bond donors (Lipinski definition) is 2. The van der Waals surface area contributed by atoms with E-state index in [1.165, 1.54) is 0 Å². The third-order valence-corrected chi connectivity index (χ3v) is 2.71. The predicted molar refractivity (Wildman–Crippen MR) is 69.2 cm³/mol. The van der Waals surface area contributed by atoms with Crippen LogP contribution in [0, 0.1) is 6.92 Å². The number of aromatic amines is 1. The summed E-state index contributed by atoms with van der Waals surface area (Å²) in [6.07, 6.45) is 1.75. The van der Waals surface area contributed by atoms with Crippen LogP contribution in [0.5, 0.6) is 0 Å². The fourth-order valence-corrected chi connectivity index (χ4v) is 1.54. The zero-order chi connectivity index (χ0) is 14.0. The van der Waals surface area contributed by atoms with Crippen LogP contribution < -0.4 is 5.73 Å². The van der Waals surface area contributed by atoms with Gasteiger partial charge < -0.3 is 15.0 Å². The van der Waals surface area contributed by atoms with Gasteiger partial charge in [0.15, 0.2) is 5.82 Å². The maximum Gasteiger partial charge on any atom is 0.261 e. The number of aryl methyl sites for hydroxylation is 1. The van der Waals surface area contributed by atoms with Crippen molar-refractivity contribution in [3.63, 3.8) is 0 Å². The summed E-state index contributed by atoms with van der Waals surface area (Å²) >= 11 is 0. The van der Waals surface area contributed by atoms with Crippen molar-refractivity contribution in [2.75, 3.05) is 6.61 Å². The highest BCUT2D eigenvalue weighted by atomic mass is 16.5. The highest BCUT2D eigenvalue weighted by Crippen LogP contribution is 2.23. The minimum atomic E-state index is -0.788. The summed E-state index contributed by atoms with van der Waals surface area (Å²) in [7, 11) is 0. The van der Waals surface area contributed by atoms with Crippen LogP contribution in [-0.2, 0) is 10.3 Å². The Morgan fingerprint density at radius 3 is 2.84 bits per heavy atom. The molecule has 104 valence electrons. The van der Waals surface area contributed by atoms with Gasteiger partial charge in [0.05, 0.1) is 24.5 Å². The molecule has 2 rings (SSSR count). The van der Waals surface area contributed by atoms with E-state index in [0.717, 1.165) is 11.3 Å². The lowest BCUT2D eigenvalue weighted by Gasteiger charge is -2.21. The van der Waals surface area contributed by atoms with Crippen molar-refractivity contribution in [3.8, 4) is 11.5 Å². The van der Waals surface area contributed by atoms with E-state index in [1.54, 1.807) is 6.20 Å². The number of hydrogen-bond acceptors (Lipinski definition) is 6. The summed E-state index contributed by atoms with van der Waals surface area (Å²) in [6.45, 7) is 7.93. The number of ether oxygens (including phenoxy) is 1. The van der Waals surface area contributed by atoms with Crippen LogP contribution in [0.3, 0.4) is 0 Å². The molecule has 0 fully saturated rings. The Kier molecular flexibility index (Phi) is 3.68. The molecule has 0 radical (unpaired) electrons. The van der Waals surface area contributed by atoms with Gasteiger partial charge in [-0.25, -0.2) is 0 Å². The lowest BCUT2D eigenvalue weighted by atomic mass is 10.1. The average molecular weight is 265 g/mol. The van der Waals surface area contributed by atoms with E-state index in [2.05, 4.69) is 20.3 Å². The minimum absolute atomic E-state index is 0.102. The van der Waals surface area contributed by atoms with Gasteiger partial charge in [-0.2, -0.15) is 10.1 Å². The Hall–Kier alpha value is -1.73. The smallest absolute Gasteiger partial charge is 0.261 e. The summed E-state index contributed by atoms with van der Waals surface area (Å²) in [4.78, 5) is 4.32. The Morgan fingerprint density at radius 1 is 1.53 bits per heavy atom. The molecule has 7 heteroatoms. The highest BCUT2D eigenvalue weighted by molar-refractivity contribution is 5.54. The average Bonchev–Trinajstić information content (AvgIpc) is 2.94. The fraction of sp³-hybridized carbons (Fsp3) is 0.583. The zero-order valence-corrected chi connectivity index (χ0v) is 11.6. The number of H-pyrrole nitrogens is 1. The van der Waals surface area contributed by atoms with E-state index >= 15 is 0 Å². The second-order valence-corrected chi connectivity index (χ2v) is 5.11. The van der Waals surface area contributed by atoms with E-state index in [1.807, 2.05) is 27.7 Å². The fourth-order valence-electron chi connectivity index (χ4n) is 1.54. The van der Waals surface area contributed by atoms with Gasteiger partial charge in [-0.05, 0) is 27.7 Å². The lowest BCUT2D eigenvalue weighted by Crippen LogP contribution is -2.40. The second-order valence-electron chi connectivity index (χ2n) is 5.11. The third kappa shape index (κ3) is 2.99. The number of nitrogens with one attached hydrogen (secondary N) is 1. The summed E-state index contributed by atoms with van der Waals surface area (Å²) in [5.74, 6) is 0.825. The predicted octanol–water partition coefficient (Wildman–Crippen LogP) is 1.37. The van der Waals surface area contributed by atoms with Crippen molar-refractivity contribution in [2.45, 2.75) is 39.3 Å². The molecule has 7 nitrogen and oxygen atoms in total. The van der Waals surface area contributed by atoms with Crippen molar-refractivity contribution in [1.82, 2.24) is 20.3 Å². The molecule has 0 aromatic carbocycles. The van der Waals surface area contributed by atoms with E-state index in [-0.39, 0.29) is 6.10 Å². The van der Waals surface area contributed by atoms with Gasteiger partial charge in [0.1, 0.15) is 5.54 Å². The van der Waals surface area contributed by atoms with Crippen molar-refractivity contribution in [3.05, 3.63) is 17.7 Å². The van der Waals surface area contributed by atoms with Crippen LogP contribution >= 0.6 is 0 Å². The first-order valence-electron chi connectivity index (χ1n) is 6.15. The van der Waals surface area contributed by atoms with Crippen LogP contribution in [-0.4, -0.2) is 33.0 Å². The first-order chi connectivity index (χ1) is 8.90. The van der Waals surface area contributed by atoms with E-state index < -0.39 is 5.54 Å². The van der Waals surface area contributed by atoms with Gasteiger partial charge in [0.2, 0.25) is 0 Å². The van der Waals surface area contributed by atoms with Crippen LogP contribution in [0.4, 0.5) is 0 Å². The van der Waals surface area contributed by atoms with Crippen molar-refractivity contribution in [1.29, 1.82) is 0 Å². The Labute approximate surface area is 111 Å². The monoisotopic (exact) mass is 265 g/mol. The summed E-state index contributed by atoms with van der Waals surface area (Å²) in [5, 5.41) is 10.7. The normalized spacial score (nSPS) is 14.8. The first-order valence-corrected chi connectivity index (χ1v) is 6.15. The van der Waals surface area contributed by atoms with Crippen LogP contribution in [0.25, 0.3) is 11.5 Å². The molecular weight excluding hydrogens is 246 g/mol. The molecule has 0 spiro atoms. The largest absolute Gasteiger partial charge is 0.376 e. The molecule has 1 atom stereocenters. The van der Waals surface area contributed by atoms with Crippen LogP contribution in [0.1, 0.15) is 32.3 Å². The quantitative estimate of drug-likeness (QED) is 0.846. The van der Waals surface area contributed by atoms with Crippen LogP contribution in [0.15, 0.2) is 10.7 Å². The molecule has 0 bridgehead atoms. The molecular formula is C12H19N5O2. The Balaban J connectivity index is 2.19. The van der Waals surface area contributed by atoms with Gasteiger partial charge in [0, 0.05) is 5.69 Å². The van der Waals surface area contributed by atoms with Gasteiger partial charge in [-0.3, -0.25) is 5.10 Å². The summed E-state index contributed by atoms with van der Waals surface area (Å²) in [5.41, 5.74) is 7.01. The number of nitrogens with two attached hydrogens (primary N) is 1. The maximum atomic E-state index is 6.16. The van der Waals surface area contributed by atoms with E-state index in [9.17, 15) is 0 Å². The summed E-state index contributed by atoms with van der Waals surface area (Å²) < 4.78 is 10.7. The van der Waals surface area contributed by atoms with Gasteiger partial charge in [-0.15, -0.1) is 0 Å². The van der Waals surface area contributed by atoms with Crippen molar-refractivity contribution in [2.24, 2.45) is 5.73 Å². The van der Waals surface area contributed by atoms with Crippen LogP contribution in [0.2, 0.25) is 0 Å².